The monoisotopic (exact) mass is 413 g/mol. The van der Waals surface area contributed by atoms with Gasteiger partial charge in [-0.15, -0.1) is 11.3 Å². The highest BCUT2D eigenvalue weighted by molar-refractivity contribution is 7.17. The van der Waals surface area contributed by atoms with Crippen LogP contribution in [0.25, 0.3) is 10.2 Å². The molecule has 154 valence electrons. The molecule has 0 aliphatic carbocycles. The Kier molecular flexibility index (Phi) is 7.04. The lowest BCUT2D eigenvalue weighted by Crippen LogP contribution is -2.34. The Balaban J connectivity index is 1.67. The number of carbonyl (C=O) groups is 1. The van der Waals surface area contributed by atoms with Gasteiger partial charge in [-0.05, 0) is 41.5 Å². The van der Waals surface area contributed by atoms with Gasteiger partial charge in [0.2, 0.25) is 0 Å². The van der Waals surface area contributed by atoms with Crippen molar-refractivity contribution in [3.05, 3.63) is 67.7 Å². The van der Waals surface area contributed by atoms with Gasteiger partial charge in [-0.3, -0.25) is 14.2 Å². The van der Waals surface area contributed by atoms with Gasteiger partial charge in [-0.1, -0.05) is 45.2 Å². The number of aromatic amines is 1. The molecule has 1 amide bonds. The Morgan fingerprint density at radius 1 is 1.17 bits per heavy atom. The van der Waals surface area contributed by atoms with E-state index in [0.29, 0.717) is 28.2 Å². The molecule has 0 aliphatic rings. The Bertz CT molecular complexity index is 1080. The topological polar surface area (TPSA) is 84.0 Å². The first-order valence-corrected chi connectivity index (χ1v) is 11.0. The largest absolute Gasteiger partial charge is 0.352 e. The molecule has 1 aromatic carbocycles. The third-order valence-corrected chi connectivity index (χ3v) is 6.15. The fourth-order valence-corrected chi connectivity index (χ4v) is 4.14. The zero-order valence-corrected chi connectivity index (χ0v) is 17.7. The molecule has 0 saturated heterocycles. The maximum absolute atomic E-state index is 12.5. The van der Waals surface area contributed by atoms with Crippen molar-refractivity contribution in [1.29, 1.82) is 0 Å². The van der Waals surface area contributed by atoms with Crippen LogP contribution in [0.2, 0.25) is 0 Å². The van der Waals surface area contributed by atoms with E-state index in [1.54, 1.807) is 35.7 Å². The number of unbranched alkanes of at least 4 members (excludes halogenated alkanes) is 1. The lowest BCUT2D eigenvalue weighted by atomic mass is 9.99. The summed E-state index contributed by atoms with van der Waals surface area (Å²) in [4.78, 5) is 39.9. The summed E-state index contributed by atoms with van der Waals surface area (Å²) in [6, 6.07) is 8.77. The standard InChI is InChI=1S/C22H27N3O3S/c1-3-5-6-15(4-2)13-23-20(26)17-9-7-16(8-10-17)14-25-21(27)19-18(11-12-29-19)24-22(25)28/h7-12,15H,3-6,13-14H2,1-2H3,(H,23,26)(H,24,28). The summed E-state index contributed by atoms with van der Waals surface area (Å²) in [6.07, 6.45) is 4.53. The highest BCUT2D eigenvalue weighted by Crippen LogP contribution is 2.13. The quantitative estimate of drug-likeness (QED) is 0.560. The summed E-state index contributed by atoms with van der Waals surface area (Å²) in [5.41, 5.74) is 1.21. The van der Waals surface area contributed by atoms with Crippen LogP contribution in [-0.4, -0.2) is 22.0 Å². The van der Waals surface area contributed by atoms with Crippen LogP contribution in [-0.2, 0) is 6.54 Å². The number of H-pyrrole nitrogens is 1. The number of thiophene rings is 1. The van der Waals surface area contributed by atoms with E-state index in [9.17, 15) is 14.4 Å². The van der Waals surface area contributed by atoms with E-state index < -0.39 is 5.69 Å². The fourth-order valence-electron chi connectivity index (χ4n) is 3.34. The summed E-state index contributed by atoms with van der Waals surface area (Å²) in [7, 11) is 0. The van der Waals surface area contributed by atoms with Crippen LogP contribution in [0.5, 0.6) is 0 Å². The molecule has 6 nitrogen and oxygen atoms in total. The normalized spacial score (nSPS) is 12.2. The number of amides is 1. The van der Waals surface area contributed by atoms with Crippen molar-refractivity contribution in [3.8, 4) is 0 Å². The Labute approximate surface area is 173 Å². The lowest BCUT2D eigenvalue weighted by molar-refractivity contribution is 0.0946. The van der Waals surface area contributed by atoms with Crippen LogP contribution in [0.15, 0.2) is 45.3 Å². The van der Waals surface area contributed by atoms with Crippen molar-refractivity contribution in [2.24, 2.45) is 5.92 Å². The van der Waals surface area contributed by atoms with Crippen LogP contribution < -0.4 is 16.6 Å². The van der Waals surface area contributed by atoms with Crippen molar-refractivity contribution < 1.29 is 4.79 Å². The van der Waals surface area contributed by atoms with Crippen LogP contribution in [0.3, 0.4) is 0 Å². The number of carbonyl (C=O) groups excluding carboxylic acids is 1. The van der Waals surface area contributed by atoms with Crippen LogP contribution in [0, 0.1) is 5.92 Å². The first kappa shape index (κ1) is 21.0. The van der Waals surface area contributed by atoms with Gasteiger partial charge in [0, 0.05) is 12.1 Å². The average molecular weight is 414 g/mol. The van der Waals surface area contributed by atoms with Gasteiger partial charge in [-0.2, -0.15) is 0 Å². The predicted octanol–water partition coefficient (Wildman–Crippen LogP) is 3.75. The number of aromatic nitrogens is 2. The van der Waals surface area contributed by atoms with Gasteiger partial charge in [0.25, 0.3) is 11.5 Å². The summed E-state index contributed by atoms with van der Waals surface area (Å²) < 4.78 is 1.72. The Morgan fingerprint density at radius 2 is 1.93 bits per heavy atom. The van der Waals surface area contributed by atoms with Gasteiger partial charge in [-0.25, -0.2) is 4.79 Å². The molecule has 0 bridgehead atoms. The minimum Gasteiger partial charge on any atom is -0.352 e. The van der Waals surface area contributed by atoms with E-state index in [0.717, 1.165) is 24.8 Å². The number of fused-ring (bicyclic) bond motifs is 1. The molecular weight excluding hydrogens is 386 g/mol. The number of rotatable bonds is 9. The third kappa shape index (κ3) is 5.03. The highest BCUT2D eigenvalue weighted by Gasteiger charge is 2.12. The van der Waals surface area contributed by atoms with Gasteiger partial charge in [0.05, 0.1) is 12.1 Å². The van der Waals surface area contributed by atoms with Gasteiger partial charge in [0.1, 0.15) is 4.70 Å². The molecule has 0 radical (unpaired) electrons. The molecule has 7 heteroatoms. The third-order valence-electron chi connectivity index (χ3n) is 5.24. The lowest BCUT2D eigenvalue weighted by Gasteiger charge is -2.15. The number of nitrogens with zero attached hydrogens (tertiary/aromatic N) is 1. The summed E-state index contributed by atoms with van der Waals surface area (Å²) in [5, 5.41) is 4.80. The second-order valence-electron chi connectivity index (χ2n) is 7.31. The molecule has 0 fully saturated rings. The molecule has 1 unspecified atom stereocenters. The zero-order valence-electron chi connectivity index (χ0n) is 16.9. The number of nitrogens with one attached hydrogen (secondary N) is 2. The molecule has 29 heavy (non-hydrogen) atoms. The summed E-state index contributed by atoms with van der Waals surface area (Å²) >= 11 is 1.31. The summed E-state index contributed by atoms with van der Waals surface area (Å²) in [6.45, 7) is 5.17. The summed E-state index contributed by atoms with van der Waals surface area (Å²) in [5.74, 6) is 0.408. The zero-order chi connectivity index (χ0) is 20.8. The van der Waals surface area contributed by atoms with E-state index in [1.165, 1.54) is 22.3 Å². The molecule has 2 aromatic heterocycles. The minimum absolute atomic E-state index is 0.0958. The van der Waals surface area contributed by atoms with Crippen LogP contribution in [0.4, 0.5) is 0 Å². The SMILES string of the molecule is CCCCC(CC)CNC(=O)c1ccc(Cn2c(=O)[nH]c3ccsc3c2=O)cc1. The molecule has 2 heterocycles. The molecule has 2 N–H and O–H groups in total. The Hall–Kier alpha value is -2.67. The smallest absolute Gasteiger partial charge is 0.329 e. The maximum Gasteiger partial charge on any atom is 0.329 e. The molecule has 3 rings (SSSR count). The van der Waals surface area contributed by atoms with Crippen molar-refractivity contribution in [2.45, 2.75) is 46.1 Å². The van der Waals surface area contributed by atoms with Gasteiger partial charge < -0.3 is 10.3 Å². The number of hydrogen-bond acceptors (Lipinski definition) is 4. The molecule has 1 atom stereocenters. The van der Waals surface area contributed by atoms with E-state index >= 15 is 0 Å². The second-order valence-corrected chi connectivity index (χ2v) is 8.22. The van der Waals surface area contributed by atoms with Crippen molar-refractivity contribution >= 4 is 27.5 Å². The van der Waals surface area contributed by atoms with E-state index in [1.807, 2.05) is 0 Å². The predicted molar refractivity (Wildman–Crippen MR) is 118 cm³/mol. The van der Waals surface area contributed by atoms with Gasteiger partial charge >= 0.3 is 5.69 Å². The van der Waals surface area contributed by atoms with Crippen LogP contribution >= 0.6 is 11.3 Å². The van der Waals surface area contributed by atoms with E-state index in [4.69, 9.17) is 0 Å². The Morgan fingerprint density at radius 3 is 2.62 bits per heavy atom. The minimum atomic E-state index is -0.430. The second kappa shape index (κ2) is 9.69. The van der Waals surface area contributed by atoms with E-state index in [-0.39, 0.29) is 18.0 Å². The van der Waals surface area contributed by atoms with Crippen molar-refractivity contribution in [1.82, 2.24) is 14.9 Å². The molecular formula is C22H27N3O3S. The van der Waals surface area contributed by atoms with Crippen molar-refractivity contribution in [2.75, 3.05) is 6.54 Å². The molecule has 0 aliphatic heterocycles. The van der Waals surface area contributed by atoms with Gasteiger partial charge in [0.15, 0.2) is 0 Å². The first-order chi connectivity index (χ1) is 14.0. The highest BCUT2D eigenvalue weighted by atomic mass is 32.1. The number of benzene rings is 1. The maximum atomic E-state index is 12.5. The molecule has 3 aromatic rings. The fraction of sp³-hybridized carbons (Fsp3) is 0.409. The molecule has 0 saturated carbocycles. The average Bonchev–Trinajstić information content (AvgIpc) is 3.20. The first-order valence-electron chi connectivity index (χ1n) is 10.1. The molecule has 0 spiro atoms. The van der Waals surface area contributed by atoms with Crippen LogP contribution in [0.1, 0.15) is 55.5 Å². The number of hydrogen-bond donors (Lipinski definition) is 2. The van der Waals surface area contributed by atoms with E-state index in [2.05, 4.69) is 24.1 Å². The van der Waals surface area contributed by atoms with Crippen molar-refractivity contribution in [3.63, 3.8) is 0 Å².